The predicted octanol–water partition coefficient (Wildman–Crippen LogP) is 3.49. The molecule has 2 heteroatoms. The standard InChI is InChI=1S/C19H24N2/c20-18-10-12-19(21,13-11-18)14-15-6-8-17(9-7-15)16-4-2-1-3-5-16/h1-9,18H,10-14,20-21H2. The summed E-state index contributed by atoms with van der Waals surface area (Å²) in [6.07, 6.45) is 5.13. The first-order valence-electron chi connectivity index (χ1n) is 7.83. The zero-order chi connectivity index (χ0) is 14.7. The van der Waals surface area contributed by atoms with Crippen LogP contribution in [0.25, 0.3) is 11.1 Å². The number of hydrogen-bond acceptors (Lipinski definition) is 2. The van der Waals surface area contributed by atoms with Crippen LogP contribution in [0.1, 0.15) is 31.2 Å². The zero-order valence-corrected chi connectivity index (χ0v) is 12.5. The molecule has 0 amide bonds. The van der Waals surface area contributed by atoms with E-state index >= 15 is 0 Å². The molecule has 0 unspecified atom stereocenters. The SMILES string of the molecule is NC1CCC(N)(Cc2ccc(-c3ccccc3)cc2)CC1. The minimum Gasteiger partial charge on any atom is -0.328 e. The van der Waals surface area contributed by atoms with Crippen LogP contribution in [0.3, 0.4) is 0 Å². The average Bonchev–Trinajstić information content (AvgIpc) is 2.52. The molecule has 0 aromatic heterocycles. The molecule has 0 atom stereocenters. The van der Waals surface area contributed by atoms with Crippen LogP contribution in [0.5, 0.6) is 0 Å². The van der Waals surface area contributed by atoms with E-state index in [4.69, 9.17) is 11.5 Å². The van der Waals surface area contributed by atoms with Crippen molar-refractivity contribution in [1.29, 1.82) is 0 Å². The highest BCUT2D eigenvalue weighted by molar-refractivity contribution is 5.63. The third-order valence-electron chi connectivity index (χ3n) is 4.64. The van der Waals surface area contributed by atoms with Crippen LogP contribution in [0.15, 0.2) is 54.6 Å². The molecule has 110 valence electrons. The first-order chi connectivity index (χ1) is 10.1. The zero-order valence-electron chi connectivity index (χ0n) is 12.5. The Bertz CT molecular complexity index is 566. The smallest absolute Gasteiger partial charge is 0.0196 e. The molecule has 0 radical (unpaired) electrons. The lowest BCUT2D eigenvalue weighted by Gasteiger charge is -2.36. The van der Waals surface area contributed by atoms with Gasteiger partial charge in [0, 0.05) is 11.6 Å². The van der Waals surface area contributed by atoms with Gasteiger partial charge in [-0.25, -0.2) is 0 Å². The van der Waals surface area contributed by atoms with Crippen molar-refractivity contribution >= 4 is 0 Å². The number of rotatable bonds is 3. The lowest BCUT2D eigenvalue weighted by atomic mass is 9.76. The van der Waals surface area contributed by atoms with Crippen molar-refractivity contribution in [2.24, 2.45) is 11.5 Å². The van der Waals surface area contributed by atoms with Crippen molar-refractivity contribution in [3.8, 4) is 11.1 Å². The molecule has 4 N–H and O–H groups in total. The Hall–Kier alpha value is -1.64. The van der Waals surface area contributed by atoms with Gasteiger partial charge >= 0.3 is 0 Å². The van der Waals surface area contributed by atoms with Gasteiger partial charge in [-0.2, -0.15) is 0 Å². The molecule has 1 aliphatic rings. The van der Waals surface area contributed by atoms with Gasteiger partial charge in [0.05, 0.1) is 0 Å². The Balaban J connectivity index is 1.70. The van der Waals surface area contributed by atoms with Gasteiger partial charge in [-0.05, 0) is 48.8 Å². The molecule has 0 heterocycles. The van der Waals surface area contributed by atoms with E-state index < -0.39 is 0 Å². The van der Waals surface area contributed by atoms with Gasteiger partial charge in [-0.3, -0.25) is 0 Å². The number of benzene rings is 2. The molecule has 0 bridgehead atoms. The molecule has 1 aliphatic carbocycles. The Labute approximate surface area is 127 Å². The highest BCUT2D eigenvalue weighted by Gasteiger charge is 2.30. The summed E-state index contributed by atoms with van der Waals surface area (Å²) in [5.41, 5.74) is 16.3. The van der Waals surface area contributed by atoms with Crippen LogP contribution in [0.2, 0.25) is 0 Å². The Morgan fingerprint density at radius 1 is 0.857 bits per heavy atom. The van der Waals surface area contributed by atoms with Crippen molar-refractivity contribution < 1.29 is 0 Å². The number of nitrogens with two attached hydrogens (primary N) is 2. The maximum Gasteiger partial charge on any atom is 0.0196 e. The van der Waals surface area contributed by atoms with E-state index in [2.05, 4.69) is 48.5 Å². The van der Waals surface area contributed by atoms with Crippen molar-refractivity contribution in [2.75, 3.05) is 0 Å². The Morgan fingerprint density at radius 3 is 2.05 bits per heavy atom. The highest BCUT2D eigenvalue weighted by atomic mass is 14.8. The second kappa shape index (κ2) is 6.00. The van der Waals surface area contributed by atoms with Crippen LogP contribution in [0.4, 0.5) is 0 Å². The maximum absolute atomic E-state index is 6.55. The Morgan fingerprint density at radius 2 is 1.43 bits per heavy atom. The third kappa shape index (κ3) is 3.52. The normalized spacial score (nSPS) is 25.7. The van der Waals surface area contributed by atoms with Crippen molar-refractivity contribution in [3.05, 3.63) is 60.2 Å². The summed E-state index contributed by atoms with van der Waals surface area (Å²) in [6.45, 7) is 0. The van der Waals surface area contributed by atoms with Gasteiger partial charge in [0.25, 0.3) is 0 Å². The molecule has 2 aromatic carbocycles. The quantitative estimate of drug-likeness (QED) is 0.904. The lowest BCUT2D eigenvalue weighted by Crippen LogP contribution is -2.47. The Kier molecular flexibility index (Phi) is 4.09. The molecule has 3 rings (SSSR count). The van der Waals surface area contributed by atoms with Crippen LogP contribution in [-0.4, -0.2) is 11.6 Å². The van der Waals surface area contributed by atoms with E-state index in [1.54, 1.807) is 0 Å². The largest absolute Gasteiger partial charge is 0.328 e. The van der Waals surface area contributed by atoms with Gasteiger partial charge in [-0.1, -0.05) is 54.6 Å². The van der Waals surface area contributed by atoms with E-state index in [0.29, 0.717) is 6.04 Å². The lowest BCUT2D eigenvalue weighted by molar-refractivity contribution is 0.271. The van der Waals surface area contributed by atoms with Crippen molar-refractivity contribution in [1.82, 2.24) is 0 Å². The fourth-order valence-electron chi connectivity index (χ4n) is 3.24. The fraction of sp³-hybridized carbons (Fsp3) is 0.368. The summed E-state index contributed by atoms with van der Waals surface area (Å²) < 4.78 is 0. The van der Waals surface area contributed by atoms with Gasteiger partial charge in [-0.15, -0.1) is 0 Å². The summed E-state index contributed by atoms with van der Waals surface area (Å²) >= 11 is 0. The molecule has 1 saturated carbocycles. The first kappa shape index (κ1) is 14.3. The van der Waals surface area contributed by atoms with Gasteiger partial charge in [0.2, 0.25) is 0 Å². The van der Waals surface area contributed by atoms with E-state index in [-0.39, 0.29) is 5.54 Å². The molecule has 0 aliphatic heterocycles. The van der Waals surface area contributed by atoms with Crippen molar-refractivity contribution in [2.45, 2.75) is 43.7 Å². The minimum atomic E-state index is -0.0653. The minimum absolute atomic E-state index is 0.0653. The maximum atomic E-state index is 6.55. The molecule has 0 spiro atoms. The summed E-state index contributed by atoms with van der Waals surface area (Å²) in [4.78, 5) is 0. The van der Waals surface area contributed by atoms with Crippen LogP contribution in [-0.2, 0) is 6.42 Å². The molecule has 1 fully saturated rings. The monoisotopic (exact) mass is 280 g/mol. The van der Waals surface area contributed by atoms with Gasteiger partial charge in [0.1, 0.15) is 0 Å². The molecule has 2 nitrogen and oxygen atoms in total. The topological polar surface area (TPSA) is 52.0 Å². The highest BCUT2D eigenvalue weighted by Crippen LogP contribution is 2.29. The second-order valence-corrected chi connectivity index (χ2v) is 6.44. The van der Waals surface area contributed by atoms with E-state index in [1.807, 2.05) is 6.07 Å². The number of hydrogen-bond donors (Lipinski definition) is 2. The second-order valence-electron chi connectivity index (χ2n) is 6.44. The third-order valence-corrected chi connectivity index (χ3v) is 4.64. The molecular weight excluding hydrogens is 256 g/mol. The van der Waals surface area contributed by atoms with Gasteiger partial charge in [0.15, 0.2) is 0 Å². The summed E-state index contributed by atoms with van der Waals surface area (Å²) in [6, 6.07) is 19.6. The van der Waals surface area contributed by atoms with Crippen LogP contribution in [0, 0.1) is 0 Å². The fourth-order valence-corrected chi connectivity index (χ4v) is 3.24. The first-order valence-corrected chi connectivity index (χ1v) is 7.83. The van der Waals surface area contributed by atoms with Crippen LogP contribution >= 0.6 is 0 Å². The average molecular weight is 280 g/mol. The van der Waals surface area contributed by atoms with E-state index in [1.165, 1.54) is 16.7 Å². The molecule has 0 saturated heterocycles. The summed E-state index contributed by atoms with van der Waals surface area (Å²) in [5, 5.41) is 0. The van der Waals surface area contributed by atoms with Crippen LogP contribution < -0.4 is 11.5 Å². The predicted molar refractivity (Wildman–Crippen MR) is 88.9 cm³/mol. The summed E-state index contributed by atoms with van der Waals surface area (Å²) in [7, 11) is 0. The summed E-state index contributed by atoms with van der Waals surface area (Å²) in [5.74, 6) is 0. The molecule has 21 heavy (non-hydrogen) atoms. The van der Waals surface area contributed by atoms with Crippen molar-refractivity contribution in [3.63, 3.8) is 0 Å². The van der Waals surface area contributed by atoms with E-state index in [0.717, 1.165) is 32.1 Å². The van der Waals surface area contributed by atoms with Gasteiger partial charge < -0.3 is 11.5 Å². The molecular formula is C19H24N2. The van der Waals surface area contributed by atoms with E-state index in [9.17, 15) is 0 Å². The molecule has 2 aromatic rings.